The van der Waals surface area contributed by atoms with Crippen molar-refractivity contribution in [2.75, 3.05) is 18.4 Å². The van der Waals surface area contributed by atoms with Gasteiger partial charge in [-0.05, 0) is 37.0 Å². The molecule has 152 valence electrons. The molecule has 2 aromatic rings. The number of nitrogens with one attached hydrogen (secondary N) is 3. The normalized spacial score (nSPS) is 19.3. The molecular weight excluding hydrogens is 382 g/mol. The lowest BCUT2D eigenvalue weighted by Gasteiger charge is -2.23. The summed E-state index contributed by atoms with van der Waals surface area (Å²) in [6.07, 6.45) is 4.22. The van der Waals surface area contributed by atoms with Crippen LogP contribution in [0, 0.1) is 0 Å². The van der Waals surface area contributed by atoms with E-state index >= 15 is 0 Å². The zero-order valence-electron chi connectivity index (χ0n) is 16.6. The van der Waals surface area contributed by atoms with E-state index in [1.54, 1.807) is 4.90 Å². The highest BCUT2D eigenvalue weighted by molar-refractivity contribution is 8.01. The minimum absolute atomic E-state index is 0.0983. The lowest BCUT2D eigenvalue weighted by atomic mass is 10.1. The molecule has 5 nitrogen and oxygen atoms in total. The fourth-order valence-corrected chi connectivity index (χ4v) is 5.07. The number of benzene rings is 2. The first-order valence-electron chi connectivity index (χ1n) is 10.4. The zero-order valence-corrected chi connectivity index (χ0v) is 17.4. The molecule has 0 aliphatic carbocycles. The Hall–Kier alpha value is -2.31. The summed E-state index contributed by atoms with van der Waals surface area (Å²) in [6, 6.07) is 16.2. The molecule has 0 radical (unpaired) electrons. The van der Waals surface area contributed by atoms with Crippen molar-refractivity contribution < 1.29 is 14.5 Å². The van der Waals surface area contributed by atoms with E-state index in [1.165, 1.54) is 49.7 Å². The Morgan fingerprint density at radius 1 is 1.03 bits per heavy atom. The molecule has 1 fully saturated rings. The average molecular weight is 411 g/mol. The SMILES string of the molecule is O=C(C[C@@H]1Sc2ccccc2NC1=O)NCc1ccc(C[NH+]2CCCCC2)cc1. The number of anilines is 1. The molecule has 2 aliphatic rings. The van der Waals surface area contributed by atoms with Crippen molar-refractivity contribution in [2.45, 2.75) is 48.9 Å². The Bertz CT molecular complexity index is 863. The summed E-state index contributed by atoms with van der Waals surface area (Å²) < 4.78 is 0. The van der Waals surface area contributed by atoms with Gasteiger partial charge in [0.05, 0.1) is 24.0 Å². The van der Waals surface area contributed by atoms with E-state index in [2.05, 4.69) is 34.9 Å². The van der Waals surface area contributed by atoms with Crippen molar-refractivity contribution in [3.05, 3.63) is 59.7 Å². The van der Waals surface area contributed by atoms with Crippen LogP contribution in [0.2, 0.25) is 0 Å². The number of rotatable bonds is 6. The first-order valence-corrected chi connectivity index (χ1v) is 11.3. The lowest BCUT2D eigenvalue weighted by Crippen LogP contribution is -3.11. The molecule has 0 spiro atoms. The molecule has 0 aromatic heterocycles. The van der Waals surface area contributed by atoms with Crippen LogP contribution >= 0.6 is 11.8 Å². The summed E-state index contributed by atoms with van der Waals surface area (Å²) in [5, 5.41) is 5.45. The number of hydrogen-bond acceptors (Lipinski definition) is 3. The molecule has 1 atom stereocenters. The summed E-state index contributed by atoms with van der Waals surface area (Å²) in [6.45, 7) is 4.12. The van der Waals surface area contributed by atoms with Crippen LogP contribution in [0.5, 0.6) is 0 Å². The van der Waals surface area contributed by atoms with E-state index in [0.29, 0.717) is 6.54 Å². The summed E-state index contributed by atoms with van der Waals surface area (Å²) in [5.41, 5.74) is 3.26. The molecule has 0 saturated carbocycles. The molecule has 0 bridgehead atoms. The molecule has 0 unspecified atom stereocenters. The minimum atomic E-state index is -0.389. The van der Waals surface area contributed by atoms with Crippen molar-refractivity contribution in [3.63, 3.8) is 0 Å². The number of thioether (sulfide) groups is 1. The number of quaternary nitrogens is 1. The van der Waals surface area contributed by atoms with Crippen molar-refractivity contribution >= 4 is 29.3 Å². The van der Waals surface area contributed by atoms with Gasteiger partial charge < -0.3 is 15.5 Å². The highest BCUT2D eigenvalue weighted by Crippen LogP contribution is 2.36. The van der Waals surface area contributed by atoms with E-state index < -0.39 is 0 Å². The number of amides is 2. The molecule has 2 amide bonds. The molecule has 6 heteroatoms. The number of fused-ring (bicyclic) bond motifs is 1. The van der Waals surface area contributed by atoms with Gasteiger partial charge in [0.2, 0.25) is 11.8 Å². The lowest BCUT2D eigenvalue weighted by molar-refractivity contribution is -0.918. The number of hydrogen-bond donors (Lipinski definition) is 3. The molecule has 1 saturated heterocycles. The maximum Gasteiger partial charge on any atom is 0.238 e. The average Bonchev–Trinajstić information content (AvgIpc) is 2.74. The van der Waals surface area contributed by atoms with Crippen LogP contribution in [0.25, 0.3) is 0 Å². The van der Waals surface area contributed by atoms with Gasteiger partial charge in [0.15, 0.2) is 0 Å². The van der Waals surface area contributed by atoms with Gasteiger partial charge in [0, 0.05) is 23.4 Å². The van der Waals surface area contributed by atoms with Crippen LogP contribution in [-0.4, -0.2) is 30.2 Å². The molecule has 2 heterocycles. The third-order valence-electron chi connectivity index (χ3n) is 5.60. The van der Waals surface area contributed by atoms with Crippen molar-refractivity contribution in [3.8, 4) is 0 Å². The predicted octanol–water partition coefficient (Wildman–Crippen LogP) is 2.37. The van der Waals surface area contributed by atoms with Crippen molar-refractivity contribution in [1.82, 2.24) is 5.32 Å². The largest absolute Gasteiger partial charge is 0.352 e. The van der Waals surface area contributed by atoms with E-state index in [1.807, 2.05) is 24.3 Å². The van der Waals surface area contributed by atoms with Crippen LogP contribution in [0.3, 0.4) is 0 Å². The fourth-order valence-electron chi connectivity index (χ4n) is 3.96. The maximum absolute atomic E-state index is 12.4. The summed E-state index contributed by atoms with van der Waals surface area (Å²) in [7, 11) is 0. The quantitative estimate of drug-likeness (QED) is 0.685. The second kappa shape index (κ2) is 9.46. The van der Waals surface area contributed by atoms with Gasteiger partial charge in [0.25, 0.3) is 0 Å². The van der Waals surface area contributed by atoms with Gasteiger partial charge in [0.1, 0.15) is 6.54 Å². The molecular formula is C23H28N3O2S+. The summed E-state index contributed by atoms with van der Waals surface area (Å²) in [4.78, 5) is 27.3. The number of para-hydroxylation sites is 1. The summed E-state index contributed by atoms with van der Waals surface area (Å²) >= 11 is 1.46. The van der Waals surface area contributed by atoms with Crippen LogP contribution < -0.4 is 15.5 Å². The standard InChI is InChI=1S/C23H27N3O2S/c27-22(14-21-23(28)25-19-6-2-3-7-20(19)29-21)24-15-17-8-10-18(11-9-17)16-26-12-4-1-5-13-26/h2-3,6-11,21H,1,4-5,12-16H2,(H,24,27)(H,25,28)/p+1/t21-/m0/s1. The Morgan fingerprint density at radius 3 is 2.55 bits per heavy atom. The van der Waals surface area contributed by atoms with Gasteiger partial charge in [-0.3, -0.25) is 9.59 Å². The second-order valence-corrected chi connectivity index (χ2v) is 9.12. The third-order valence-corrected chi connectivity index (χ3v) is 6.88. The van der Waals surface area contributed by atoms with E-state index in [4.69, 9.17) is 0 Å². The topological polar surface area (TPSA) is 62.6 Å². The molecule has 4 rings (SSSR count). The minimum Gasteiger partial charge on any atom is -0.352 e. The van der Waals surface area contributed by atoms with Crippen LogP contribution in [0.4, 0.5) is 5.69 Å². The number of carbonyl (C=O) groups excluding carboxylic acids is 2. The van der Waals surface area contributed by atoms with E-state index in [9.17, 15) is 9.59 Å². The first kappa shape index (κ1) is 20.0. The van der Waals surface area contributed by atoms with Crippen molar-refractivity contribution in [2.24, 2.45) is 0 Å². The summed E-state index contributed by atoms with van der Waals surface area (Å²) in [5.74, 6) is -0.202. The zero-order chi connectivity index (χ0) is 20.1. The second-order valence-electron chi connectivity index (χ2n) is 7.88. The molecule has 29 heavy (non-hydrogen) atoms. The Balaban J connectivity index is 1.25. The highest BCUT2D eigenvalue weighted by atomic mass is 32.2. The van der Waals surface area contributed by atoms with Gasteiger partial charge in [-0.2, -0.15) is 0 Å². The smallest absolute Gasteiger partial charge is 0.238 e. The van der Waals surface area contributed by atoms with Crippen LogP contribution in [0.1, 0.15) is 36.8 Å². The molecule has 2 aromatic carbocycles. The maximum atomic E-state index is 12.4. The number of likely N-dealkylation sites (tertiary alicyclic amines) is 1. The molecule has 2 aliphatic heterocycles. The predicted molar refractivity (Wildman–Crippen MR) is 116 cm³/mol. The fraction of sp³-hybridized carbons (Fsp3) is 0.391. The van der Waals surface area contributed by atoms with E-state index in [-0.39, 0.29) is 23.5 Å². The first-order chi connectivity index (χ1) is 14.2. The Labute approximate surface area is 176 Å². The van der Waals surface area contributed by atoms with Crippen LogP contribution in [0.15, 0.2) is 53.4 Å². The highest BCUT2D eigenvalue weighted by Gasteiger charge is 2.28. The van der Waals surface area contributed by atoms with Gasteiger partial charge in [-0.1, -0.05) is 36.4 Å². The number of piperidine rings is 1. The van der Waals surface area contributed by atoms with Gasteiger partial charge in [-0.25, -0.2) is 0 Å². The third kappa shape index (κ3) is 5.40. The monoisotopic (exact) mass is 410 g/mol. The van der Waals surface area contributed by atoms with E-state index in [0.717, 1.165) is 22.7 Å². The van der Waals surface area contributed by atoms with Gasteiger partial charge in [-0.15, -0.1) is 11.8 Å². The Kier molecular flexibility index (Phi) is 6.52. The Morgan fingerprint density at radius 2 is 1.76 bits per heavy atom. The van der Waals surface area contributed by atoms with Crippen LogP contribution in [-0.2, 0) is 22.7 Å². The van der Waals surface area contributed by atoms with Crippen molar-refractivity contribution in [1.29, 1.82) is 0 Å². The molecule has 3 N–H and O–H groups in total. The van der Waals surface area contributed by atoms with Gasteiger partial charge >= 0.3 is 0 Å². The number of carbonyl (C=O) groups is 2.